The Bertz CT molecular complexity index is 685. The van der Waals surface area contributed by atoms with Gasteiger partial charge in [0, 0.05) is 38.1 Å². The Morgan fingerprint density at radius 3 is 2.81 bits per heavy atom. The molecule has 0 unspecified atom stereocenters. The van der Waals surface area contributed by atoms with Gasteiger partial charge >= 0.3 is 0 Å². The molecule has 2 N–H and O–H groups in total. The Morgan fingerprint density at radius 2 is 2.07 bits per heavy atom. The highest BCUT2D eigenvalue weighted by Crippen LogP contribution is 2.28. The molecule has 1 aromatic carbocycles. The summed E-state index contributed by atoms with van der Waals surface area (Å²) in [5.41, 5.74) is 2.14. The number of hydrogen-bond acceptors (Lipinski definition) is 3. The van der Waals surface area contributed by atoms with Crippen LogP contribution in [0.1, 0.15) is 31.7 Å². The molecule has 0 atom stereocenters. The summed E-state index contributed by atoms with van der Waals surface area (Å²) in [6, 6.07) is 10.1. The standard InChI is InChI=1S/C20H29N5O.HI/c1-2-21-20(22-11-6-12-26-16-17-9-10-17)23-13-18-14-24-25(15-18)19-7-4-3-5-8-19;/h3-5,7-8,14-15,17H,2,6,9-13,16H2,1H3,(H2,21,22,23);1H. The van der Waals surface area contributed by atoms with Crippen molar-refractivity contribution < 1.29 is 4.74 Å². The molecule has 0 saturated heterocycles. The Kier molecular flexibility index (Phi) is 9.61. The second-order valence-electron chi connectivity index (χ2n) is 6.62. The monoisotopic (exact) mass is 483 g/mol. The highest BCUT2D eigenvalue weighted by molar-refractivity contribution is 14.0. The van der Waals surface area contributed by atoms with E-state index in [1.807, 2.05) is 47.4 Å². The zero-order valence-corrected chi connectivity index (χ0v) is 18.3. The van der Waals surface area contributed by atoms with E-state index in [0.717, 1.165) is 55.9 Å². The molecular formula is C20H30IN5O. The van der Waals surface area contributed by atoms with Gasteiger partial charge in [0.2, 0.25) is 0 Å². The van der Waals surface area contributed by atoms with Crippen molar-refractivity contribution in [3.63, 3.8) is 0 Å². The maximum atomic E-state index is 5.66. The summed E-state index contributed by atoms with van der Waals surface area (Å²) in [6.45, 7) is 6.11. The second kappa shape index (κ2) is 12.0. The number of ether oxygens (including phenoxy) is 1. The second-order valence-corrected chi connectivity index (χ2v) is 6.62. The van der Waals surface area contributed by atoms with Gasteiger partial charge in [0.25, 0.3) is 0 Å². The maximum absolute atomic E-state index is 5.66. The van der Waals surface area contributed by atoms with Crippen LogP contribution in [0.2, 0.25) is 0 Å². The minimum atomic E-state index is 0. The van der Waals surface area contributed by atoms with Crippen LogP contribution in [0.3, 0.4) is 0 Å². The summed E-state index contributed by atoms with van der Waals surface area (Å²) in [4.78, 5) is 4.65. The fraction of sp³-hybridized carbons (Fsp3) is 0.500. The third-order valence-electron chi connectivity index (χ3n) is 4.23. The smallest absolute Gasteiger partial charge is 0.191 e. The van der Waals surface area contributed by atoms with Gasteiger partial charge in [-0.25, -0.2) is 9.67 Å². The summed E-state index contributed by atoms with van der Waals surface area (Å²) >= 11 is 0. The Balaban J connectivity index is 0.00000261. The van der Waals surface area contributed by atoms with Crippen molar-refractivity contribution in [1.82, 2.24) is 20.4 Å². The molecule has 6 nitrogen and oxygen atoms in total. The molecule has 1 aromatic heterocycles. The highest BCUT2D eigenvalue weighted by atomic mass is 127. The quantitative estimate of drug-likeness (QED) is 0.236. The number of aliphatic imine (C=N–C) groups is 1. The van der Waals surface area contributed by atoms with Crippen LogP contribution in [-0.4, -0.2) is 42.0 Å². The summed E-state index contributed by atoms with van der Waals surface area (Å²) in [7, 11) is 0. The summed E-state index contributed by atoms with van der Waals surface area (Å²) in [5.74, 6) is 1.67. The highest BCUT2D eigenvalue weighted by Gasteiger charge is 2.20. The SMILES string of the molecule is CCNC(=NCc1cnn(-c2ccccc2)c1)NCCCOCC1CC1.I. The Labute approximate surface area is 178 Å². The first kappa shape index (κ1) is 21.7. The molecule has 148 valence electrons. The van der Waals surface area contributed by atoms with Gasteiger partial charge < -0.3 is 15.4 Å². The first-order chi connectivity index (χ1) is 12.8. The van der Waals surface area contributed by atoms with Crippen LogP contribution in [0.15, 0.2) is 47.7 Å². The molecule has 1 saturated carbocycles. The number of halogens is 1. The van der Waals surface area contributed by atoms with Crippen LogP contribution in [0.4, 0.5) is 0 Å². The van der Waals surface area contributed by atoms with E-state index >= 15 is 0 Å². The van der Waals surface area contributed by atoms with Crippen molar-refractivity contribution >= 4 is 29.9 Å². The molecule has 1 heterocycles. The Hall–Kier alpha value is -1.61. The molecule has 1 aliphatic rings. The summed E-state index contributed by atoms with van der Waals surface area (Å²) < 4.78 is 7.54. The van der Waals surface area contributed by atoms with Gasteiger partial charge in [-0.3, -0.25) is 0 Å². The number of para-hydroxylation sites is 1. The van der Waals surface area contributed by atoms with Gasteiger partial charge in [0.05, 0.1) is 18.4 Å². The molecule has 0 bridgehead atoms. The average molecular weight is 483 g/mol. The fourth-order valence-corrected chi connectivity index (χ4v) is 2.59. The lowest BCUT2D eigenvalue weighted by Gasteiger charge is -2.11. The predicted molar refractivity (Wildman–Crippen MR) is 120 cm³/mol. The summed E-state index contributed by atoms with van der Waals surface area (Å²) in [5, 5.41) is 11.1. The van der Waals surface area contributed by atoms with E-state index < -0.39 is 0 Å². The van der Waals surface area contributed by atoms with Gasteiger partial charge in [0.1, 0.15) is 0 Å². The molecule has 1 aliphatic carbocycles. The number of rotatable bonds is 10. The molecule has 27 heavy (non-hydrogen) atoms. The van der Waals surface area contributed by atoms with Gasteiger partial charge in [-0.15, -0.1) is 24.0 Å². The lowest BCUT2D eigenvalue weighted by Crippen LogP contribution is -2.38. The van der Waals surface area contributed by atoms with Gasteiger partial charge in [-0.2, -0.15) is 5.10 Å². The number of hydrogen-bond donors (Lipinski definition) is 2. The number of aromatic nitrogens is 2. The van der Waals surface area contributed by atoms with Crippen LogP contribution in [0.25, 0.3) is 5.69 Å². The van der Waals surface area contributed by atoms with E-state index in [1.54, 1.807) is 0 Å². The van der Waals surface area contributed by atoms with Crippen molar-refractivity contribution in [3.05, 3.63) is 48.3 Å². The first-order valence-corrected chi connectivity index (χ1v) is 9.54. The molecule has 3 rings (SSSR count). The van der Waals surface area contributed by atoms with Gasteiger partial charge in [-0.1, -0.05) is 18.2 Å². The van der Waals surface area contributed by atoms with Crippen molar-refractivity contribution in [1.29, 1.82) is 0 Å². The van der Waals surface area contributed by atoms with E-state index in [1.165, 1.54) is 12.8 Å². The van der Waals surface area contributed by atoms with Gasteiger partial charge in [-0.05, 0) is 44.2 Å². The van der Waals surface area contributed by atoms with Crippen molar-refractivity contribution in [2.75, 3.05) is 26.3 Å². The van der Waals surface area contributed by atoms with Gasteiger partial charge in [0.15, 0.2) is 5.96 Å². The van der Waals surface area contributed by atoms with Crippen LogP contribution in [0.5, 0.6) is 0 Å². The fourth-order valence-electron chi connectivity index (χ4n) is 2.59. The van der Waals surface area contributed by atoms with E-state index in [2.05, 4.69) is 27.6 Å². The van der Waals surface area contributed by atoms with Crippen molar-refractivity contribution in [2.24, 2.45) is 10.9 Å². The first-order valence-electron chi connectivity index (χ1n) is 9.54. The number of nitrogens with one attached hydrogen (secondary N) is 2. The number of guanidine groups is 1. The van der Waals surface area contributed by atoms with Crippen LogP contribution in [-0.2, 0) is 11.3 Å². The average Bonchev–Trinajstić information content (AvgIpc) is 3.38. The van der Waals surface area contributed by atoms with E-state index in [-0.39, 0.29) is 24.0 Å². The molecule has 0 aliphatic heterocycles. The largest absolute Gasteiger partial charge is 0.381 e. The van der Waals surface area contributed by atoms with Crippen molar-refractivity contribution in [2.45, 2.75) is 32.7 Å². The molecule has 0 amide bonds. The molecule has 1 fully saturated rings. The molecular weight excluding hydrogens is 453 g/mol. The zero-order chi connectivity index (χ0) is 18.0. The number of nitrogens with zero attached hydrogens (tertiary/aromatic N) is 3. The normalized spacial score (nSPS) is 13.9. The minimum Gasteiger partial charge on any atom is -0.381 e. The van der Waals surface area contributed by atoms with E-state index in [0.29, 0.717) is 6.54 Å². The van der Waals surface area contributed by atoms with Crippen LogP contribution in [0, 0.1) is 5.92 Å². The van der Waals surface area contributed by atoms with E-state index in [4.69, 9.17) is 4.74 Å². The zero-order valence-electron chi connectivity index (χ0n) is 15.9. The maximum Gasteiger partial charge on any atom is 0.191 e. The topological polar surface area (TPSA) is 63.5 Å². The lowest BCUT2D eigenvalue weighted by molar-refractivity contribution is 0.123. The molecule has 2 aromatic rings. The predicted octanol–water partition coefficient (Wildman–Crippen LogP) is 3.36. The van der Waals surface area contributed by atoms with Crippen molar-refractivity contribution in [3.8, 4) is 5.69 Å². The third kappa shape index (κ3) is 7.88. The minimum absolute atomic E-state index is 0. The molecule has 0 radical (unpaired) electrons. The molecule has 7 heteroatoms. The summed E-state index contributed by atoms with van der Waals surface area (Å²) in [6.07, 6.45) is 7.57. The van der Waals surface area contributed by atoms with Crippen LogP contribution < -0.4 is 10.6 Å². The molecule has 0 spiro atoms. The lowest BCUT2D eigenvalue weighted by atomic mass is 10.3. The third-order valence-corrected chi connectivity index (χ3v) is 4.23. The van der Waals surface area contributed by atoms with E-state index in [9.17, 15) is 0 Å². The number of benzene rings is 1. The Morgan fingerprint density at radius 1 is 1.26 bits per heavy atom. The van der Waals surface area contributed by atoms with Crippen LogP contribution >= 0.6 is 24.0 Å².